The van der Waals surface area contributed by atoms with Crippen molar-refractivity contribution >= 4 is 15.9 Å². The van der Waals surface area contributed by atoms with E-state index in [1.54, 1.807) is 16.1 Å². The van der Waals surface area contributed by atoms with Gasteiger partial charge < -0.3 is 14.4 Å². The largest absolute Gasteiger partial charge is 0.343 e. The van der Waals surface area contributed by atoms with Crippen LogP contribution in [0, 0.1) is 12.8 Å². The number of carbonyl (C=O) groups is 1. The molecule has 0 saturated carbocycles. The Morgan fingerprint density at radius 2 is 1.55 bits per heavy atom. The van der Waals surface area contributed by atoms with E-state index in [4.69, 9.17) is 0 Å². The Morgan fingerprint density at radius 1 is 0.905 bits per heavy atom. The third-order valence-electron chi connectivity index (χ3n) is 10.1. The molecule has 1 aromatic heterocycles. The minimum absolute atomic E-state index is 0.0360. The van der Waals surface area contributed by atoms with Crippen molar-refractivity contribution < 1.29 is 13.2 Å². The SMILES string of the molecule is CC(=O)N1CCC(S(=O)(=O)N2CCC([C@@H](CCN3CCC(n4c(C)nnc4C(C)C)CC3)c3ccccc3)CC2)CC1. The molecule has 4 heterocycles. The Hall–Kier alpha value is -2.30. The van der Waals surface area contributed by atoms with Crippen molar-refractivity contribution in [3.63, 3.8) is 0 Å². The standard InChI is InChI=1S/C32H50N6O3S/c1-24(2)32-34-33-25(3)38(32)29-12-17-35(18-13-29)19-16-31(27-8-6-5-7-9-27)28-10-22-37(23-11-28)42(40,41)30-14-20-36(21-15-30)26(4)39/h5-9,24,28-31H,10-23H2,1-4H3/t31-/m0/s1. The highest BCUT2D eigenvalue weighted by atomic mass is 32.2. The lowest BCUT2D eigenvalue weighted by Crippen LogP contribution is -2.48. The molecule has 5 rings (SSSR count). The van der Waals surface area contributed by atoms with Crippen LogP contribution in [-0.2, 0) is 14.8 Å². The zero-order chi connectivity index (χ0) is 29.9. The van der Waals surface area contributed by atoms with Crippen molar-refractivity contribution in [1.29, 1.82) is 0 Å². The number of sulfonamides is 1. The summed E-state index contributed by atoms with van der Waals surface area (Å²) in [6, 6.07) is 11.3. The maximum absolute atomic E-state index is 13.5. The highest BCUT2D eigenvalue weighted by Crippen LogP contribution is 2.37. The number of aromatic nitrogens is 3. The molecule has 1 atom stereocenters. The van der Waals surface area contributed by atoms with Gasteiger partial charge in [-0.25, -0.2) is 12.7 Å². The van der Waals surface area contributed by atoms with E-state index < -0.39 is 10.0 Å². The van der Waals surface area contributed by atoms with Crippen LogP contribution < -0.4 is 0 Å². The molecule has 3 saturated heterocycles. The number of carbonyl (C=O) groups excluding carboxylic acids is 1. The van der Waals surface area contributed by atoms with E-state index in [0.717, 1.165) is 63.4 Å². The Bertz CT molecular complexity index is 1270. The Kier molecular flexibility index (Phi) is 10.0. The van der Waals surface area contributed by atoms with Gasteiger partial charge in [0.2, 0.25) is 15.9 Å². The summed E-state index contributed by atoms with van der Waals surface area (Å²) >= 11 is 0. The van der Waals surface area contributed by atoms with Crippen LogP contribution in [0.25, 0.3) is 0 Å². The van der Waals surface area contributed by atoms with Gasteiger partial charge in [0.15, 0.2) is 0 Å². The van der Waals surface area contributed by atoms with Gasteiger partial charge in [-0.1, -0.05) is 44.2 Å². The third kappa shape index (κ3) is 6.91. The fraction of sp³-hybridized carbons (Fsp3) is 0.719. The van der Waals surface area contributed by atoms with Crippen LogP contribution in [-0.4, -0.2) is 94.3 Å². The molecule has 1 amide bonds. The van der Waals surface area contributed by atoms with E-state index in [2.05, 4.69) is 70.8 Å². The van der Waals surface area contributed by atoms with Crippen molar-refractivity contribution in [1.82, 2.24) is 28.9 Å². The fourth-order valence-electron chi connectivity index (χ4n) is 7.54. The molecule has 0 bridgehead atoms. The molecule has 232 valence electrons. The average molecular weight is 599 g/mol. The van der Waals surface area contributed by atoms with E-state index in [0.29, 0.717) is 62.8 Å². The highest BCUT2D eigenvalue weighted by molar-refractivity contribution is 7.89. The summed E-state index contributed by atoms with van der Waals surface area (Å²) in [5.74, 6) is 3.44. The Balaban J connectivity index is 1.17. The van der Waals surface area contributed by atoms with Crippen LogP contribution in [0.15, 0.2) is 30.3 Å². The minimum atomic E-state index is -3.34. The van der Waals surface area contributed by atoms with Gasteiger partial charge in [-0.3, -0.25) is 4.79 Å². The first-order valence-electron chi connectivity index (χ1n) is 16.1. The van der Waals surface area contributed by atoms with Gasteiger partial charge in [0.1, 0.15) is 11.6 Å². The van der Waals surface area contributed by atoms with E-state index >= 15 is 0 Å². The van der Waals surface area contributed by atoms with Crippen molar-refractivity contribution in [2.24, 2.45) is 5.92 Å². The van der Waals surface area contributed by atoms with Crippen LogP contribution in [0.3, 0.4) is 0 Å². The molecular weight excluding hydrogens is 548 g/mol. The molecule has 9 nitrogen and oxygen atoms in total. The molecule has 2 aromatic rings. The van der Waals surface area contributed by atoms with E-state index in [1.165, 1.54) is 5.56 Å². The van der Waals surface area contributed by atoms with E-state index in [1.807, 2.05) is 0 Å². The van der Waals surface area contributed by atoms with Gasteiger partial charge >= 0.3 is 0 Å². The molecule has 0 spiro atoms. The highest BCUT2D eigenvalue weighted by Gasteiger charge is 2.38. The van der Waals surface area contributed by atoms with Gasteiger partial charge in [-0.15, -0.1) is 10.2 Å². The molecule has 0 radical (unpaired) electrons. The van der Waals surface area contributed by atoms with Crippen molar-refractivity contribution in [3.8, 4) is 0 Å². The Labute approximate surface area is 252 Å². The average Bonchev–Trinajstić information content (AvgIpc) is 3.40. The quantitative estimate of drug-likeness (QED) is 0.420. The first-order chi connectivity index (χ1) is 20.1. The monoisotopic (exact) mass is 598 g/mol. The zero-order valence-corrected chi connectivity index (χ0v) is 26.8. The normalized spacial score (nSPS) is 21.7. The smallest absolute Gasteiger partial charge is 0.219 e. The number of benzene rings is 1. The first kappa shape index (κ1) is 31.1. The maximum Gasteiger partial charge on any atom is 0.219 e. The van der Waals surface area contributed by atoms with Crippen LogP contribution in [0.4, 0.5) is 0 Å². The zero-order valence-electron chi connectivity index (χ0n) is 26.0. The lowest BCUT2D eigenvalue weighted by molar-refractivity contribution is -0.129. The van der Waals surface area contributed by atoms with E-state index in [9.17, 15) is 13.2 Å². The molecule has 0 N–H and O–H groups in total. The third-order valence-corrected chi connectivity index (χ3v) is 12.5. The second kappa shape index (κ2) is 13.6. The summed E-state index contributed by atoms with van der Waals surface area (Å²) in [5, 5.41) is 8.47. The summed E-state index contributed by atoms with van der Waals surface area (Å²) in [6.45, 7) is 13.5. The summed E-state index contributed by atoms with van der Waals surface area (Å²) < 4.78 is 31.1. The van der Waals surface area contributed by atoms with Crippen LogP contribution in [0.5, 0.6) is 0 Å². The number of amides is 1. The fourth-order valence-corrected chi connectivity index (χ4v) is 9.49. The van der Waals surface area contributed by atoms with E-state index in [-0.39, 0.29) is 11.2 Å². The van der Waals surface area contributed by atoms with Crippen LogP contribution in [0.2, 0.25) is 0 Å². The summed E-state index contributed by atoms with van der Waals surface area (Å²) in [6.07, 6.45) is 6.22. The van der Waals surface area contributed by atoms with Crippen molar-refractivity contribution in [3.05, 3.63) is 47.5 Å². The topological polar surface area (TPSA) is 91.6 Å². The number of likely N-dealkylation sites (tertiary alicyclic amines) is 2. The molecule has 3 aliphatic heterocycles. The molecule has 42 heavy (non-hydrogen) atoms. The number of aryl methyl sites for hydroxylation is 1. The van der Waals surface area contributed by atoms with Gasteiger partial charge in [-0.2, -0.15) is 0 Å². The minimum Gasteiger partial charge on any atom is -0.343 e. The Morgan fingerprint density at radius 3 is 2.14 bits per heavy atom. The lowest BCUT2D eigenvalue weighted by Gasteiger charge is -2.40. The maximum atomic E-state index is 13.5. The molecule has 3 fully saturated rings. The molecular formula is C32H50N6O3S. The van der Waals surface area contributed by atoms with Crippen molar-refractivity contribution in [2.45, 2.75) is 95.8 Å². The van der Waals surface area contributed by atoms with Gasteiger partial charge in [-0.05, 0) is 75.8 Å². The predicted molar refractivity (Wildman–Crippen MR) is 166 cm³/mol. The van der Waals surface area contributed by atoms with Gasteiger partial charge in [0.25, 0.3) is 0 Å². The number of piperidine rings is 3. The summed E-state index contributed by atoms with van der Waals surface area (Å²) in [7, 11) is -3.34. The van der Waals surface area contributed by atoms with Crippen LogP contribution >= 0.6 is 0 Å². The van der Waals surface area contributed by atoms with Crippen LogP contribution in [0.1, 0.15) is 101 Å². The van der Waals surface area contributed by atoms with Crippen molar-refractivity contribution in [2.75, 3.05) is 45.8 Å². The lowest BCUT2D eigenvalue weighted by atomic mass is 9.78. The van der Waals surface area contributed by atoms with Gasteiger partial charge in [0.05, 0.1) is 5.25 Å². The second-order valence-corrected chi connectivity index (χ2v) is 15.2. The number of nitrogens with zero attached hydrogens (tertiary/aromatic N) is 6. The molecule has 0 unspecified atom stereocenters. The molecule has 10 heteroatoms. The predicted octanol–water partition coefficient (Wildman–Crippen LogP) is 4.57. The number of rotatable bonds is 9. The number of hydrogen-bond acceptors (Lipinski definition) is 6. The summed E-state index contributed by atoms with van der Waals surface area (Å²) in [5.41, 5.74) is 1.38. The first-order valence-corrected chi connectivity index (χ1v) is 17.6. The molecule has 3 aliphatic rings. The second-order valence-electron chi connectivity index (χ2n) is 13.0. The number of hydrogen-bond donors (Lipinski definition) is 0. The molecule has 0 aliphatic carbocycles. The van der Waals surface area contributed by atoms with Gasteiger partial charge in [0, 0.05) is 58.2 Å². The summed E-state index contributed by atoms with van der Waals surface area (Å²) in [4.78, 5) is 16.1. The molecule has 1 aromatic carbocycles.